The van der Waals surface area contributed by atoms with Gasteiger partial charge in [-0.15, -0.1) is 0 Å². The minimum absolute atomic E-state index is 0.00557. The van der Waals surface area contributed by atoms with Gasteiger partial charge in [-0.25, -0.2) is 9.98 Å². The predicted octanol–water partition coefficient (Wildman–Crippen LogP) is 2.63. The van der Waals surface area contributed by atoms with Gasteiger partial charge in [-0.3, -0.25) is 10.1 Å². The van der Waals surface area contributed by atoms with Gasteiger partial charge in [0.15, 0.2) is 0 Å². The van der Waals surface area contributed by atoms with Crippen LogP contribution in [0.4, 0.5) is 11.6 Å². The summed E-state index contributed by atoms with van der Waals surface area (Å²) in [5.41, 5.74) is 1.36. The zero-order valence-electron chi connectivity index (χ0n) is 11.2. The SMILES string of the molecule is CC1=Nc2nccn2C(c2cccc([N+](=O)[O-])c2)C1C#N. The largest absolute Gasteiger partial charge is 0.306 e. The minimum atomic E-state index is -0.478. The number of aliphatic imine (C=N–C) groups is 1. The molecule has 21 heavy (non-hydrogen) atoms. The van der Waals surface area contributed by atoms with Crippen molar-refractivity contribution in [1.29, 1.82) is 5.26 Å². The third kappa shape index (κ3) is 2.07. The van der Waals surface area contributed by atoms with Crippen LogP contribution in [-0.4, -0.2) is 20.2 Å². The highest BCUT2D eigenvalue weighted by atomic mass is 16.6. The number of hydrogen-bond acceptors (Lipinski definition) is 5. The number of imidazole rings is 1. The molecule has 0 saturated carbocycles. The van der Waals surface area contributed by atoms with Crippen LogP contribution in [0, 0.1) is 27.4 Å². The molecular formula is C14H11N5O2. The number of nitriles is 1. The third-order valence-corrected chi connectivity index (χ3v) is 3.55. The minimum Gasteiger partial charge on any atom is -0.306 e. The summed E-state index contributed by atoms with van der Waals surface area (Å²) in [6, 6.07) is 8.21. The number of fused-ring (bicyclic) bond motifs is 1. The summed E-state index contributed by atoms with van der Waals surface area (Å²) in [6.07, 6.45) is 3.34. The molecule has 0 spiro atoms. The molecule has 2 aromatic rings. The monoisotopic (exact) mass is 281 g/mol. The van der Waals surface area contributed by atoms with Gasteiger partial charge in [0, 0.05) is 30.2 Å². The number of benzene rings is 1. The van der Waals surface area contributed by atoms with Gasteiger partial charge in [-0.05, 0) is 12.5 Å². The van der Waals surface area contributed by atoms with Gasteiger partial charge < -0.3 is 4.57 Å². The first kappa shape index (κ1) is 13.0. The van der Waals surface area contributed by atoms with E-state index in [4.69, 9.17) is 0 Å². The Morgan fingerprint density at radius 1 is 1.48 bits per heavy atom. The van der Waals surface area contributed by atoms with Gasteiger partial charge >= 0.3 is 0 Å². The molecule has 1 aliphatic rings. The van der Waals surface area contributed by atoms with E-state index >= 15 is 0 Å². The molecule has 1 aliphatic heterocycles. The molecule has 7 nitrogen and oxygen atoms in total. The normalized spacial score (nSPS) is 20.3. The van der Waals surface area contributed by atoms with Crippen molar-refractivity contribution < 1.29 is 4.92 Å². The van der Waals surface area contributed by atoms with Crippen molar-refractivity contribution in [3.05, 3.63) is 52.3 Å². The van der Waals surface area contributed by atoms with E-state index < -0.39 is 10.8 Å². The van der Waals surface area contributed by atoms with E-state index in [1.165, 1.54) is 12.1 Å². The van der Waals surface area contributed by atoms with Crippen molar-refractivity contribution in [2.24, 2.45) is 10.9 Å². The number of non-ortho nitro benzene ring substituents is 1. The smallest absolute Gasteiger partial charge is 0.269 e. The molecule has 2 heterocycles. The van der Waals surface area contributed by atoms with Crippen molar-refractivity contribution in [1.82, 2.24) is 9.55 Å². The molecule has 1 aromatic carbocycles. The van der Waals surface area contributed by atoms with Crippen molar-refractivity contribution in [3.8, 4) is 6.07 Å². The van der Waals surface area contributed by atoms with Crippen LogP contribution >= 0.6 is 0 Å². The van der Waals surface area contributed by atoms with Crippen LogP contribution in [0.25, 0.3) is 0 Å². The molecule has 0 amide bonds. The molecule has 0 N–H and O–H groups in total. The van der Waals surface area contributed by atoms with E-state index in [-0.39, 0.29) is 11.7 Å². The van der Waals surface area contributed by atoms with Crippen molar-refractivity contribution in [3.63, 3.8) is 0 Å². The van der Waals surface area contributed by atoms with E-state index in [9.17, 15) is 15.4 Å². The second-order valence-corrected chi connectivity index (χ2v) is 4.79. The summed E-state index contributed by atoms with van der Waals surface area (Å²) >= 11 is 0. The molecule has 104 valence electrons. The van der Waals surface area contributed by atoms with Gasteiger partial charge in [0.05, 0.1) is 17.0 Å². The second-order valence-electron chi connectivity index (χ2n) is 4.79. The van der Waals surface area contributed by atoms with Gasteiger partial charge in [0.25, 0.3) is 5.69 Å². The van der Waals surface area contributed by atoms with Crippen LogP contribution in [0.2, 0.25) is 0 Å². The lowest BCUT2D eigenvalue weighted by atomic mass is 9.89. The first-order valence-electron chi connectivity index (χ1n) is 6.34. The lowest BCUT2D eigenvalue weighted by molar-refractivity contribution is -0.384. The van der Waals surface area contributed by atoms with Crippen molar-refractivity contribution >= 4 is 17.3 Å². The first-order valence-corrected chi connectivity index (χ1v) is 6.34. The maximum Gasteiger partial charge on any atom is 0.269 e. The number of nitrogens with zero attached hydrogens (tertiary/aromatic N) is 5. The quantitative estimate of drug-likeness (QED) is 0.624. The molecule has 0 radical (unpaired) electrons. The highest BCUT2D eigenvalue weighted by Gasteiger charge is 2.33. The lowest BCUT2D eigenvalue weighted by Crippen LogP contribution is -2.28. The van der Waals surface area contributed by atoms with E-state index in [0.29, 0.717) is 17.2 Å². The molecule has 0 aliphatic carbocycles. The number of rotatable bonds is 2. The molecule has 0 fully saturated rings. The predicted molar refractivity (Wildman–Crippen MR) is 75.3 cm³/mol. The highest BCUT2D eigenvalue weighted by molar-refractivity contribution is 5.90. The van der Waals surface area contributed by atoms with Crippen LogP contribution in [0.3, 0.4) is 0 Å². The summed E-state index contributed by atoms with van der Waals surface area (Å²) in [5.74, 6) is 0.0317. The lowest BCUT2D eigenvalue weighted by Gasteiger charge is -2.28. The fourth-order valence-corrected chi connectivity index (χ4v) is 2.56. The van der Waals surface area contributed by atoms with Gasteiger partial charge in [0.2, 0.25) is 5.95 Å². The van der Waals surface area contributed by atoms with E-state index in [2.05, 4.69) is 16.0 Å². The zero-order valence-corrected chi connectivity index (χ0v) is 11.2. The van der Waals surface area contributed by atoms with Gasteiger partial charge in [0.1, 0.15) is 5.92 Å². The van der Waals surface area contributed by atoms with Gasteiger partial charge in [-0.1, -0.05) is 12.1 Å². The molecule has 3 rings (SSSR count). The molecule has 1 aromatic heterocycles. The zero-order chi connectivity index (χ0) is 15.0. The van der Waals surface area contributed by atoms with Gasteiger partial charge in [-0.2, -0.15) is 5.26 Å². The summed E-state index contributed by atoms with van der Waals surface area (Å²) in [4.78, 5) is 18.9. The van der Waals surface area contributed by atoms with Crippen molar-refractivity contribution in [2.75, 3.05) is 0 Å². The number of nitro benzene ring substituents is 1. The molecule has 2 atom stereocenters. The Morgan fingerprint density at radius 2 is 2.29 bits per heavy atom. The van der Waals surface area contributed by atoms with E-state index in [0.717, 1.165) is 0 Å². The maximum atomic E-state index is 10.9. The van der Waals surface area contributed by atoms with Crippen LogP contribution < -0.4 is 0 Å². The Morgan fingerprint density at radius 3 is 3.00 bits per heavy atom. The van der Waals surface area contributed by atoms with E-state index in [1.54, 1.807) is 36.0 Å². The third-order valence-electron chi connectivity index (χ3n) is 3.55. The molecule has 0 bridgehead atoms. The summed E-state index contributed by atoms with van der Waals surface area (Å²) in [5, 5.41) is 20.4. The van der Waals surface area contributed by atoms with Crippen LogP contribution in [0.1, 0.15) is 18.5 Å². The Labute approximate surface area is 120 Å². The Balaban J connectivity index is 2.16. The van der Waals surface area contributed by atoms with E-state index in [1.807, 2.05) is 0 Å². The maximum absolute atomic E-state index is 10.9. The molecule has 2 unspecified atom stereocenters. The molecule has 0 saturated heterocycles. The standard InChI is InChI=1S/C14H11N5O2/c1-9-12(8-15)13(18-6-5-16-14(18)17-9)10-3-2-4-11(7-10)19(20)21/h2-7,12-13H,1H3. The summed E-state index contributed by atoms with van der Waals surface area (Å²) in [7, 11) is 0. The fourth-order valence-electron chi connectivity index (χ4n) is 2.56. The average molecular weight is 281 g/mol. The first-order chi connectivity index (χ1) is 10.1. The summed E-state index contributed by atoms with van der Waals surface area (Å²) in [6.45, 7) is 1.77. The Hall–Kier alpha value is -3.01. The Kier molecular flexibility index (Phi) is 2.99. The summed E-state index contributed by atoms with van der Waals surface area (Å²) < 4.78 is 1.78. The van der Waals surface area contributed by atoms with Crippen LogP contribution in [-0.2, 0) is 0 Å². The topological polar surface area (TPSA) is 97.1 Å². The van der Waals surface area contributed by atoms with Crippen LogP contribution in [0.5, 0.6) is 0 Å². The highest BCUT2D eigenvalue weighted by Crippen LogP contribution is 2.36. The molecular weight excluding hydrogens is 270 g/mol. The number of aromatic nitrogens is 2. The average Bonchev–Trinajstić information content (AvgIpc) is 2.93. The van der Waals surface area contributed by atoms with Crippen LogP contribution in [0.15, 0.2) is 41.7 Å². The number of nitro groups is 1. The fraction of sp³-hybridized carbons (Fsp3) is 0.214. The number of hydrogen-bond donors (Lipinski definition) is 0. The Bertz CT molecular complexity index is 787. The second kappa shape index (κ2) is 4.83. The van der Waals surface area contributed by atoms with Crippen molar-refractivity contribution in [2.45, 2.75) is 13.0 Å². The molecule has 7 heteroatoms.